The summed E-state index contributed by atoms with van der Waals surface area (Å²) in [7, 11) is 0. The molecule has 1 rings (SSSR count). The molecule has 0 unspecified atom stereocenters. The fourth-order valence-corrected chi connectivity index (χ4v) is 2.35. The van der Waals surface area contributed by atoms with E-state index in [-0.39, 0.29) is 11.7 Å². The molecule has 0 radical (unpaired) electrons. The van der Waals surface area contributed by atoms with Gasteiger partial charge in [0.25, 0.3) is 0 Å². The Kier molecular flexibility index (Phi) is 6.08. The second kappa shape index (κ2) is 7.35. The predicted molar refractivity (Wildman–Crippen MR) is 69.0 cm³/mol. The summed E-state index contributed by atoms with van der Waals surface area (Å²) < 4.78 is 4.87. The molecular weight excluding hydrogens is 236 g/mol. The summed E-state index contributed by atoms with van der Waals surface area (Å²) in [5, 5.41) is 9.85. The minimum atomic E-state index is -0.471. The van der Waals surface area contributed by atoms with E-state index >= 15 is 0 Å². The van der Waals surface area contributed by atoms with E-state index in [1.54, 1.807) is 6.92 Å². The third kappa shape index (κ3) is 4.40. The average Bonchev–Trinajstić information content (AvgIpc) is 2.36. The van der Waals surface area contributed by atoms with Crippen LogP contribution in [0.25, 0.3) is 0 Å². The van der Waals surface area contributed by atoms with Crippen LogP contribution in [0.4, 0.5) is 0 Å². The Labute approximate surface area is 106 Å². The number of esters is 1. The summed E-state index contributed by atoms with van der Waals surface area (Å²) in [4.78, 5) is 12.2. The number of carbonyl (C=O) groups is 1. The van der Waals surface area contributed by atoms with Crippen LogP contribution >= 0.6 is 11.8 Å². The van der Waals surface area contributed by atoms with Gasteiger partial charge in [0.15, 0.2) is 0 Å². The summed E-state index contributed by atoms with van der Waals surface area (Å²) >= 11 is 1.40. The number of ether oxygens (including phenoxy) is 1. The second-order valence-electron chi connectivity index (χ2n) is 3.56. The molecule has 4 heteroatoms. The van der Waals surface area contributed by atoms with Gasteiger partial charge >= 0.3 is 5.97 Å². The van der Waals surface area contributed by atoms with E-state index in [2.05, 4.69) is 0 Å². The number of rotatable bonds is 6. The number of aliphatic hydroxyl groups is 1. The van der Waals surface area contributed by atoms with Crippen LogP contribution in [0, 0.1) is 0 Å². The molecule has 0 fully saturated rings. The zero-order valence-corrected chi connectivity index (χ0v) is 11.0. The van der Waals surface area contributed by atoms with Crippen LogP contribution in [0.5, 0.6) is 0 Å². The second-order valence-corrected chi connectivity index (χ2v) is 4.57. The molecular formula is C13H18O3S. The van der Waals surface area contributed by atoms with Crippen molar-refractivity contribution in [1.29, 1.82) is 0 Å². The molecule has 0 aliphatic rings. The maximum atomic E-state index is 11.3. The van der Waals surface area contributed by atoms with Gasteiger partial charge in [0.05, 0.1) is 18.5 Å². The van der Waals surface area contributed by atoms with Crippen molar-refractivity contribution in [3.05, 3.63) is 29.8 Å². The maximum Gasteiger partial charge on any atom is 0.316 e. The van der Waals surface area contributed by atoms with Gasteiger partial charge in [0.2, 0.25) is 0 Å². The Bertz CT molecular complexity index is 365. The van der Waals surface area contributed by atoms with Gasteiger partial charge in [-0.25, -0.2) is 0 Å². The third-order valence-electron chi connectivity index (χ3n) is 2.32. The van der Waals surface area contributed by atoms with Crippen LogP contribution in [0.1, 0.15) is 31.9 Å². The molecule has 1 N–H and O–H groups in total. The third-order valence-corrected chi connectivity index (χ3v) is 3.38. The van der Waals surface area contributed by atoms with Crippen molar-refractivity contribution in [2.75, 3.05) is 12.4 Å². The average molecular weight is 254 g/mol. The van der Waals surface area contributed by atoms with Crippen LogP contribution in [0.15, 0.2) is 29.2 Å². The van der Waals surface area contributed by atoms with Crippen molar-refractivity contribution in [1.82, 2.24) is 0 Å². The fourth-order valence-electron chi connectivity index (χ4n) is 1.45. The first-order valence-corrected chi connectivity index (χ1v) is 6.73. The maximum absolute atomic E-state index is 11.3. The molecule has 0 aliphatic heterocycles. The Hall–Kier alpha value is -1.00. The molecule has 0 spiro atoms. The van der Waals surface area contributed by atoms with Crippen LogP contribution in [0.2, 0.25) is 0 Å². The van der Waals surface area contributed by atoms with Gasteiger partial charge in [0, 0.05) is 4.90 Å². The molecule has 94 valence electrons. The first-order chi connectivity index (χ1) is 8.19. The van der Waals surface area contributed by atoms with Gasteiger partial charge in [0.1, 0.15) is 0 Å². The molecule has 0 aromatic heterocycles. The normalized spacial score (nSPS) is 12.2. The summed E-state index contributed by atoms with van der Waals surface area (Å²) in [5.41, 5.74) is 0.879. The van der Waals surface area contributed by atoms with Crippen molar-refractivity contribution < 1.29 is 14.6 Å². The monoisotopic (exact) mass is 254 g/mol. The number of benzene rings is 1. The molecule has 0 heterocycles. The number of carbonyl (C=O) groups excluding carboxylic acids is 1. The van der Waals surface area contributed by atoms with Gasteiger partial charge in [-0.2, -0.15) is 0 Å². The van der Waals surface area contributed by atoms with E-state index in [4.69, 9.17) is 4.74 Å². The zero-order chi connectivity index (χ0) is 12.7. The number of aliphatic hydroxyl groups excluding tert-OH is 1. The van der Waals surface area contributed by atoms with Crippen molar-refractivity contribution >= 4 is 17.7 Å². The zero-order valence-electron chi connectivity index (χ0n) is 10.2. The first-order valence-electron chi connectivity index (χ1n) is 5.74. The number of hydrogen-bond donors (Lipinski definition) is 1. The molecule has 1 aromatic carbocycles. The fraction of sp³-hybridized carbons (Fsp3) is 0.462. The topological polar surface area (TPSA) is 46.5 Å². The van der Waals surface area contributed by atoms with Crippen LogP contribution < -0.4 is 0 Å². The Morgan fingerprint density at radius 3 is 2.76 bits per heavy atom. The Balaban J connectivity index is 2.67. The van der Waals surface area contributed by atoms with E-state index < -0.39 is 6.10 Å². The standard InChI is InChI=1S/C13H18O3S/c1-3-11(14)10-7-5-6-8-12(10)17-9-13(15)16-4-2/h5-8,11,14H,3-4,9H2,1-2H3/t11-/m0/s1. The minimum absolute atomic E-state index is 0.224. The number of hydrogen-bond acceptors (Lipinski definition) is 4. The van der Waals surface area contributed by atoms with Crippen molar-refractivity contribution in [2.45, 2.75) is 31.3 Å². The summed E-state index contributed by atoms with van der Waals surface area (Å²) in [6.07, 6.45) is 0.192. The molecule has 0 bridgehead atoms. The predicted octanol–water partition coefficient (Wildman–Crippen LogP) is 2.79. The van der Waals surface area contributed by atoms with Crippen molar-refractivity contribution in [2.24, 2.45) is 0 Å². The van der Waals surface area contributed by atoms with Gasteiger partial charge < -0.3 is 9.84 Å². The molecule has 17 heavy (non-hydrogen) atoms. The highest BCUT2D eigenvalue weighted by Gasteiger charge is 2.11. The number of thioether (sulfide) groups is 1. The van der Waals surface area contributed by atoms with E-state index in [1.807, 2.05) is 31.2 Å². The van der Waals surface area contributed by atoms with Gasteiger partial charge in [-0.3, -0.25) is 4.79 Å². The largest absolute Gasteiger partial charge is 0.465 e. The van der Waals surface area contributed by atoms with E-state index in [9.17, 15) is 9.90 Å². The van der Waals surface area contributed by atoms with Crippen LogP contribution in [-0.2, 0) is 9.53 Å². The van der Waals surface area contributed by atoms with E-state index in [0.717, 1.165) is 10.5 Å². The lowest BCUT2D eigenvalue weighted by atomic mass is 10.1. The van der Waals surface area contributed by atoms with Crippen molar-refractivity contribution in [3.63, 3.8) is 0 Å². The molecule has 1 aromatic rings. The SMILES string of the molecule is CCOC(=O)CSc1ccccc1[C@@H](O)CC. The highest BCUT2D eigenvalue weighted by molar-refractivity contribution is 8.00. The Morgan fingerprint density at radius 2 is 2.12 bits per heavy atom. The van der Waals surface area contributed by atoms with Gasteiger partial charge in [-0.15, -0.1) is 11.8 Å². The molecule has 0 saturated heterocycles. The molecule has 1 atom stereocenters. The summed E-state index contributed by atoms with van der Waals surface area (Å²) in [6.45, 7) is 4.12. The summed E-state index contributed by atoms with van der Waals surface area (Å²) in [6, 6.07) is 7.60. The minimum Gasteiger partial charge on any atom is -0.465 e. The molecule has 0 saturated carbocycles. The lowest BCUT2D eigenvalue weighted by Gasteiger charge is -2.13. The van der Waals surface area contributed by atoms with Crippen LogP contribution in [0.3, 0.4) is 0 Å². The smallest absolute Gasteiger partial charge is 0.316 e. The Morgan fingerprint density at radius 1 is 1.41 bits per heavy atom. The molecule has 3 nitrogen and oxygen atoms in total. The van der Waals surface area contributed by atoms with Gasteiger partial charge in [-0.1, -0.05) is 25.1 Å². The molecule has 0 amide bonds. The van der Waals surface area contributed by atoms with Gasteiger partial charge in [-0.05, 0) is 25.0 Å². The summed E-state index contributed by atoms with van der Waals surface area (Å²) in [5.74, 6) is 0.0553. The highest BCUT2D eigenvalue weighted by Crippen LogP contribution is 2.28. The lowest BCUT2D eigenvalue weighted by molar-refractivity contribution is -0.139. The highest BCUT2D eigenvalue weighted by atomic mass is 32.2. The van der Waals surface area contributed by atoms with Crippen LogP contribution in [-0.4, -0.2) is 23.4 Å². The first kappa shape index (κ1) is 14.1. The quantitative estimate of drug-likeness (QED) is 0.626. The lowest BCUT2D eigenvalue weighted by Crippen LogP contribution is -2.07. The van der Waals surface area contributed by atoms with E-state index in [1.165, 1.54) is 11.8 Å². The van der Waals surface area contributed by atoms with Crippen molar-refractivity contribution in [3.8, 4) is 0 Å². The van der Waals surface area contributed by atoms with E-state index in [0.29, 0.717) is 13.0 Å². The molecule has 0 aliphatic carbocycles.